The van der Waals surface area contributed by atoms with Gasteiger partial charge in [-0.05, 0) is 143 Å². The van der Waals surface area contributed by atoms with Crippen molar-refractivity contribution < 1.29 is 40.9 Å². The Kier molecular flexibility index (Phi) is 11.2. The van der Waals surface area contributed by atoms with E-state index in [4.69, 9.17) is 0 Å². The molecule has 0 radical (unpaired) electrons. The van der Waals surface area contributed by atoms with E-state index < -0.39 is 24.4 Å². The lowest BCUT2D eigenvalue weighted by atomic mass is 9.83. The molecule has 1 aliphatic carbocycles. The van der Waals surface area contributed by atoms with Crippen LogP contribution in [0.15, 0.2) is 109 Å². The van der Waals surface area contributed by atoms with Gasteiger partial charge >= 0.3 is 0 Å². The van der Waals surface area contributed by atoms with Crippen LogP contribution < -0.4 is 0 Å². The number of aliphatic hydroxyl groups excluding tert-OH is 4. The Balaban J connectivity index is 1.47. The van der Waals surface area contributed by atoms with E-state index >= 15 is 0 Å². The van der Waals surface area contributed by atoms with Gasteiger partial charge in [-0.2, -0.15) is 0 Å². The summed E-state index contributed by atoms with van der Waals surface area (Å²) in [6, 6.07) is 31.7. The van der Waals surface area contributed by atoms with E-state index in [1.807, 2.05) is 74.5 Å². The largest absolute Gasteiger partial charge is 0.508 e. The first-order valence-electron chi connectivity index (χ1n) is 19.2. The number of benzene rings is 6. The number of hydrogen-bond donors (Lipinski definition) is 8. The van der Waals surface area contributed by atoms with E-state index in [-0.39, 0.29) is 45.3 Å². The van der Waals surface area contributed by atoms with Gasteiger partial charge in [-0.15, -0.1) is 0 Å². The van der Waals surface area contributed by atoms with E-state index in [9.17, 15) is 40.9 Å². The second-order valence-electron chi connectivity index (χ2n) is 14.7. The first kappa shape index (κ1) is 38.6. The van der Waals surface area contributed by atoms with Crippen LogP contribution in [-0.4, -0.2) is 40.9 Å². The molecule has 0 amide bonds. The second kappa shape index (κ2) is 16.2. The van der Waals surface area contributed by atoms with Crippen LogP contribution in [0.4, 0.5) is 0 Å². The summed E-state index contributed by atoms with van der Waals surface area (Å²) in [4.78, 5) is 0. The smallest absolute Gasteiger partial charge is 0.122 e. The Morgan fingerprint density at radius 2 is 0.607 bits per heavy atom. The van der Waals surface area contributed by atoms with Crippen LogP contribution in [0.5, 0.6) is 23.0 Å². The van der Waals surface area contributed by atoms with E-state index in [1.165, 1.54) is 36.4 Å². The maximum Gasteiger partial charge on any atom is 0.122 e. The van der Waals surface area contributed by atoms with Crippen molar-refractivity contribution in [2.24, 2.45) is 0 Å². The normalized spacial score (nSPS) is 17.8. The van der Waals surface area contributed by atoms with Crippen LogP contribution in [0, 0.1) is 0 Å². The molecule has 4 atom stereocenters. The van der Waals surface area contributed by atoms with Gasteiger partial charge in [-0.25, -0.2) is 0 Å². The minimum Gasteiger partial charge on any atom is -0.508 e. The zero-order valence-electron chi connectivity index (χ0n) is 31.5. The van der Waals surface area contributed by atoms with Gasteiger partial charge in [0.05, 0.1) is 0 Å². The Morgan fingerprint density at radius 1 is 0.339 bits per heavy atom. The van der Waals surface area contributed by atoms with Crippen LogP contribution in [0.25, 0.3) is 0 Å². The molecule has 0 saturated heterocycles. The third kappa shape index (κ3) is 7.49. The molecule has 56 heavy (non-hydrogen) atoms. The monoisotopic (exact) mass is 752 g/mol. The number of phenolic OH excluding ortho intramolecular Hbond substituents is 4. The average Bonchev–Trinajstić information content (AvgIpc) is 3.21. The molecular formula is C48H48O8. The minimum absolute atomic E-state index is 0.0934. The predicted octanol–water partition coefficient (Wildman–Crippen LogP) is 7.84. The molecule has 0 fully saturated rings. The lowest BCUT2D eigenvalue weighted by Crippen LogP contribution is -2.14. The fourth-order valence-corrected chi connectivity index (χ4v) is 8.12. The lowest BCUT2D eigenvalue weighted by Gasteiger charge is -2.27. The first-order chi connectivity index (χ1) is 27.0. The molecule has 8 N–H and O–H groups in total. The van der Waals surface area contributed by atoms with Crippen LogP contribution in [-0.2, 0) is 38.5 Å². The molecule has 6 aromatic rings. The molecule has 0 saturated carbocycles. The van der Waals surface area contributed by atoms with Gasteiger partial charge in [0, 0.05) is 22.3 Å². The molecule has 4 unspecified atom stereocenters. The third-order valence-electron chi connectivity index (χ3n) is 11.3. The highest BCUT2D eigenvalue weighted by Crippen LogP contribution is 2.45. The highest BCUT2D eigenvalue weighted by molar-refractivity contribution is 5.58. The predicted molar refractivity (Wildman–Crippen MR) is 215 cm³/mol. The Morgan fingerprint density at radius 3 is 0.893 bits per heavy atom. The summed E-state index contributed by atoms with van der Waals surface area (Å²) in [6.45, 7) is 3.73. The van der Waals surface area contributed by atoms with E-state index in [0.717, 1.165) is 11.1 Å². The quantitative estimate of drug-likeness (QED) is 0.0780. The Bertz CT molecular complexity index is 2190. The summed E-state index contributed by atoms with van der Waals surface area (Å²) in [5.74, 6) is -0.821. The van der Waals surface area contributed by atoms with Crippen molar-refractivity contribution in [3.8, 4) is 23.0 Å². The Labute approximate surface area is 326 Å². The van der Waals surface area contributed by atoms with E-state index in [1.54, 1.807) is 12.1 Å². The molecule has 6 aromatic carbocycles. The van der Waals surface area contributed by atoms with Crippen molar-refractivity contribution >= 4 is 0 Å². The zero-order valence-corrected chi connectivity index (χ0v) is 31.5. The van der Waals surface area contributed by atoms with Gasteiger partial charge in [0.1, 0.15) is 47.4 Å². The molecule has 0 heterocycles. The standard InChI is InChI=1S/C48H48O8/c1-3-29-19-41(49)37-23-33(29)45(53)39-25-35(31(21-43(39)51)17-15-27-11-7-5-8-12-27)48(56)38-24-34(30(4-2)20-42(38)50)46(54)40-26-36(47(37)55)32(22-44(40)52)18-16-28-13-9-6-10-14-28/h5-14,19-26,45-56H,3-4,15-18H2,1-2H3. The van der Waals surface area contributed by atoms with Gasteiger partial charge in [0.2, 0.25) is 0 Å². The summed E-state index contributed by atoms with van der Waals surface area (Å²) in [5.41, 5.74) is 6.12. The number of aryl methyl sites for hydroxylation is 6. The molecule has 1 aliphatic rings. The minimum atomic E-state index is -1.45. The van der Waals surface area contributed by atoms with Crippen molar-refractivity contribution in [2.45, 2.75) is 76.8 Å². The molecule has 0 spiro atoms. The highest BCUT2D eigenvalue weighted by atomic mass is 16.3. The van der Waals surface area contributed by atoms with Gasteiger partial charge in [0.15, 0.2) is 0 Å². The molecule has 8 nitrogen and oxygen atoms in total. The molecule has 8 bridgehead atoms. The van der Waals surface area contributed by atoms with Crippen molar-refractivity contribution in [1.82, 2.24) is 0 Å². The third-order valence-corrected chi connectivity index (χ3v) is 11.3. The fraction of sp³-hybridized carbons (Fsp3) is 0.250. The SMILES string of the molecule is CCc1cc(O)c2cc1C(O)c1cc(c(CCc3ccccc3)cc1O)C(O)c1cc(c(CC)cc1O)C(O)c1cc(c(CCc3ccccc3)cc1O)C2O. The van der Waals surface area contributed by atoms with Gasteiger partial charge in [-0.1, -0.05) is 74.5 Å². The van der Waals surface area contributed by atoms with Crippen LogP contribution >= 0.6 is 0 Å². The maximum atomic E-state index is 12.2. The summed E-state index contributed by atoms with van der Waals surface area (Å²) < 4.78 is 0. The summed E-state index contributed by atoms with van der Waals surface area (Å²) in [6.07, 6.45) is -3.02. The second-order valence-corrected chi connectivity index (χ2v) is 14.7. The highest BCUT2D eigenvalue weighted by Gasteiger charge is 2.30. The molecule has 7 rings (SSSR count). The summed E-state index contributed by atoms with van der Waals surface area (Å²) in [5, 5.41) is 94.6. The number of hydrogen-bond acceptors (Lipinski definition) is 8. The van der Waals surface area contributed by atoms with Crippen molar-refractivity contribution in [2.75, 3.05) is 0 Å². The van der Waals surface area contributed by atoms with Gasteiger partial charge in [0.25, 0.3) is 0 Å². The van der Waals surface area contributed by atoms with Crippen molar-refractivity contribution in [3.05, 3.63) is 187 Å². The molecule has 288 valence electrons. The fourth-order valence-electron chi connectivity index (χ4n) is 8.12. The number of fused-ring (bicyclic) bond motifs is 8. The first-order valence-corrected chi connectivity index (χ1v) is 19.2. The maximum absolute atomic E-state index is 12.2. The topological polar surface area (TPSA) is 162 Å². The van der Waals surface area contributed by atoms with E-state index in [2.05, 4.69) is 0 Å². The van der Waals surface area contributed by atoms with Crippen molar-refractivity contribution in [1.29, 1.82) is 0 Å². The Hall–Kier alpha value is -5.64. The number of aromatic hydroxyl groups is 4. The molecule has 0 aliphatic heterocycles. The van der Waals surface area contributed by atoms with E-state index in [0.29, 0.717) is 83.0 Å². The number of aliphatic hydroxyl groups is 4. The summed E-state index contributed by atoms with van der Waals surface area (Å²) in [7, 11) is 0. The average molecular weight is 753 g/mol. The number of rotatable bonds is 8. The lowest BCUT2D eigenvalue weighted by molar-refractivity contribution is 0.200. The van der Waals surface area contributed by atoms with Crippen LogP contribution in [0.1, 0.15) is 116 Å². The zero-order chi connectivity index (χ0) is 39.7. The number of phenols is 4. The van der Waals surface area contributed by atoms with Crippen LogP contribution in [0.3, 0.4) is 0 Å². The molecule has 0 aromatic heterocycles. The van der Waals surface area contributed by atoms with Gasteiger partial charge < -0.3 is 40.9 Å². The van der Waals surface area contributed by atoms with Crippen LogP contribution in [0.2, 0.25) is 0 Å². The van der Waals surface area contributed by atoms with Gasteiger partial charge in [-0.3, -0.25) is 0 Å². The molecular weight excluding hydrogens is 705 g/mol. The summed E-state index contributed by atoms with van der Waals surface area (Å²) >= 11 is 0. The molecule has 8 heteroatoms. The van der Waals surface area contributed by atoms with Crippen molar-refractivity contribution in [3.63, 3.8) is 0 Å².